The van der Waals surface area contributed by atoms with Gasteiger partial charge in [-0.1, -0.05) is 19.3 Å². The van der Waals surface area contributed by atoms with Gasteiger partial charge in [-0.3, -0.25) is 14.4 Å². The van der Waals surface area contributed by atoms with Gasteiger partial charge in [0.2, 0.25) is 15.9 Å². The Hall–Kier alpha value is -2.46. The molecule has 0 atom stereocenters. The first kappa shape index (κ1) is 22.2. The highest BCUT2D eigenvalue weighted by Crippen LogP contribution is 2.23. The van der Waals surface area contributed by atoms with Crippen LogP contribution in [0.25, 0.3) is 11.0 Å². The number of rotatable bonds is 5. The molecule has 0 aliphatic heterocycles. The van der Waals surface area contributed by atoms with Gasteiger partial charge in [0.1, 0.15) is 0 Å². The van der Waals surface area contributed by atoms with Crippen LogP contribution in [0.5, 0.6) is 0 Å². The molecule has 1 fully saturated rings. The minimum Gasteiger partial charge on any atom is -0.342 e. The second kappa shape index (κ2) is 8.35. The summed E-state index contributed by atoms with van der Waals surface area (Å²) in [5.74, 6) is -0.247. The van der Waals surface area contributed by atoms with Crippen molar-refractivity contribution < 1.29 is 13.2 Å². The lowest BCUT2D eigenvalue weighted by Gasteiger charge is -2.32. The molecule has 0 spiro atoms. The number of hydrogen-bond donors (Lipinski definition) is 0. The third-order valence-electron chi connectivity index (χ3n) is 6.04. The number of sulfonamides is 1. The number of benzene rings is 1. The Morgan fingerprint density at radius 1 is 1.00 bits per heavy atom. The van der Waals surface area contributed by atoms with Gasteiger partial charge in [0.15, 0.2) is 0 Å². The van der Waals surface area contributed by atoms with Crippen LogP contribution >= 0.6 is 0 Å². The predicted octanol–water partition coefficient (Wildman–Crippen LogP) is 0.649. The van der Waals surface area contributed by atoms with Crippen molar-refractivity contribution >= 4 is 27.0 Å². The Bertz CT molecular complexity index is 1190. The van der Waals surface area contributed by atoms with E-state index in [1.54, 1.807) is 11.9 Å². The monoisotopic (exact) mass is 436 g/mol. The van der Waals surface area contributed by atoms with E-state index in [9.17, 15) is 22.8 Å². The van der Waals surface area contributed by atoms with Gasteiger partial charge in [-0.25, -0.2) is 8.42 Å². The minimum absolute atomic E-state index is 0.0423. The van der Waals surface area contributed by atoms with E-state index in [0.717, 1.165) is 34.6 Å². The molecule has 3 rings (SSSR count). The Labute approximate surface area is 175 Å². The normalized spacial score (nSPS) is 15.6. The Kier molecular flexibility index (Phi) is 6.19. The van der Waals surface area contributed by atoms with Gasteiger partial charge < -0.3 is 14.0 Å². The van der Waals surface area contributed by atoms with Crippen LogP contribution in [0.4, 0.5) is 0 Å². The maximum Gasteiger partial charge on any atom is 0.316 e. The molecule has 0 unspecified atom stereocenters. The molecule has 30 heavy (non-hydrogen) atoms. The van der Waals surface area contributed by atoms with E-state index in [1.165, 1.54) is 50.3 Å². The largest absolute Gasteiger partial charge is 0.342 e. The van der Waals surface area contributed by atoms with Crippen LogP contribution in [-0.2, 0) is 28.9 Å². The molecule has 2 aromatic rings. The maximum absolute atomic E-state index is 13.1. The van der Waals surface area contributed by atoms with Crippen molar-refractivity contribution in [2.24, 2.45) is 14.1 Å². The fourth-order valence-corrected chi connectivity index (χ4v) is 5.10. The number of aryl methyl sites for hydroxylation is 2. The summed E-state index contributed by atoms with van der Waals surface area (Å²) >= 11 is 0. The molecule has 10 heteroatoms. The molecule has 1 heterocycles. The number of carbonyl (C=O) groups excluding carboxylic acids is 1. The van der Waals surface area contributed by atoms with E-state index < -0.39 is 21.1 Å². The lowest BCUT2D eigenvalue weighted by molar-refractivity contribution is -0.132. The molecular weight excluding hydrogens is 408 g/mol. The molecule has 0 radical (unpaired) electrons. The fraction of sp³-hybridized carbons (Fsp3) is 0.550. The zero-order valence-corrected chi connectivity index (χ0v) is 18.6. The molecule has 0 saturated heterocycles. The molecule has 1 aromatic carbocycles. The maximum atomic E-state index is 13.1. The molecule has 1 aliphatic carbocycles. The first-order chi connectivity index (χ1) is 14.1. The standard InChI is InChI=1S/C20H28N4O5S/c1-21(13-18(25)22(2)14-8-6-5-7-9-14)30(28,29)15-10-11-16-17(12-15)24(4)20(27)19(26)23(16)3/h10-12,14H,5-9,13H2,1-4H3. The van der Waals surface area contributed by atoms with Crippen LogP contribution in [0.2, 0.25) is 0 Å². The number of hydrogen-bond acceptors (Lipinski definition) is 5. The molecule has 0 N–H and O–H groups in total. The van der Waals surface area contributed by atoms with Crippen LogP contribution in [0.1, 0.15) is 32.1 Å². The van der Waals surface area contributed by atoms with Gasteiger partial charge in [0, 0.05) is 34.2 Å². The highest BCUT2D eigenvalue weighted by atomic mass is 32.2. The van der Waals surface area contributed by atoms with Gasteiger partial charge in [0.05, 0.1) is 22.5 Å². The summed E-state index contributed by atoms with van der Waals surface area (Å²) in [6.45, 7) is -0.264. The van der Waals surface area contributed by atoms with E-state index in [0.29, 0.717) is 11.0 Å². The second-order valence-corrected chi connectivity index (χ2v) is 9.98. The van der Waals surface area contributed by atoms with Crippen LogP contribution < -0.4 is 11.1 Å². The number of amides is 1. The molecule has 1 aromatic heterocycles. The summed E-state index contributed by atoms with van der Waals surface area (Å²) in [7, 11) is 2.02. The van der Waals surface area contributed by atoms with Crippen molar-refractivity contribution in [3.8, 4) is 0 Å². The number of carbonyl (C=O) groups is 1. The average Bonchev–Trinajstić information content (AvgIpc) is 2.75. The van der Waals surface area contributed by atoms with E-state index in [2.05, 4.69) is 0 Å². The van der Waals surface area contributed by atoms with Crippen molar-refractivity contribution in [1.29, 1.82) is 0 Å². The lowest BCUT2D eigenvalue weighted by atomic mass is 9.94. The quantitative estimate of drug-likeness (QED) is 0.641. The predicted molar refractivity (Wildman–Crippen MR) is 114 cm³/mol. The number of fused-ring (bicyclic) bond motifs is 1. The van der Waals surface area contributed by atoms with E-state index in [-0.39, 0.29) is 23.4 Å². The van der Waals surface area contributed by atoms with Crippen LogP contribution in [-0.4, -0.2) is 59.3 Å². The van der Waals surface area contributed by atoms with Crippen LogP contribution in [0.3, 0.4) is 0 Å². The Balaban J connectivity index is 1.89. The van der Waals surface area contributed by atoms with Gasteiger partial charge in [-0.2, -0.15) is 4.31 Å². The molecule has 164 valence electrons. The Morgan fingerprint density at radius 3 is 2.17 bits per heavy atom. The van der Waals surface area contributed by atoms with Crippen molar-refractivity contribution in [2.45, 2.75) is 43.0 Å². The van der Waals surface area contributed by atoms with Crippen LogP contribution in [0, 0.1) is 0 Å². The summed E-state index contributed by atoms with van der Waals surface area (Å²) in [5, 5.41) is 0. The first-order valence-corrected chi connectivity index (χ1v) is 11.4. The highest BCUT2D eigenvalue weighted by molar-refractivity contribution is 7.89. The number of aromatic nitrogens is 2. The highest BCUT2D eigenvalue weighted by Gasteiger charge is 2.28. The summed E-state index contributed by atoms with van der Waals surface area (Å²) in [6.07, 6.45) is 5.21. The van der Waals surface area contributed by atoms with Crippen LogP contribution in [0.15, 0.2) is 32.7 Å². The number of likely N-dealkylation sites (N-methyl/N-ethyl adjacent to an activating group) is 2. The summed E-state index contributed by atoms with van der Waals surface area (Å²) in [6, 6.07) is 4.39. The number of nitrogens with zero attached hydrogens (tertiary/aromatic N) is 4. The van der Waals surface area contributed by atoms with E-state index >= 15 is 0 Å². The smallest absolute Gasteiger partial charge is 0.316 e. The van der Waals surface area contributed by atoms with Gasteiger partial charge in [0.25, 0.3) is 0 Å². The van der Waals surface area contributed by atoms with Crippen molar-refractivity contribution in [3.05, 3.63) is 38.9 Å². The lowest BCUT2D eigenvalue weighted by Crippen LogP contribution is -2.44. The van der Waals surface area contributed by atoms with Gasteiger partial charge in [-0.15, -0.1) is 0 Å². The van der Waals surface area contributed by atoms with Crippen molar-refractivity contribution in [3.63, 3.8) is 0 Å². The molecule has 9 nitrogen and oxygen atoms in total. The summed E-state index contributed by atoms with van der Waals surface area (Å²) in [4.78, 5) is 38.3. The topological polar surface area (TPSA) is 102 Å². The van der Waals surface area contributed by atoms with E-state index in [1.807, 2.05) is 0 Å². The zero-order valence-electron chi connectivity index (χ0n) is 17.8. The molecule has 1 aliphatic rings. The first-order valence-electron chi connectivity index (χ1n) is 9.97. The molecule has 0 bridgehead atoms. The van der Waals surface area contributed by atoms with Gasteiger partial charge >= 0.3 is 11.1 Å². The zero-order chi connectivity index (χ0) is 22.2. The SMILES string of the molecule is CN(C(=O)CN(C)S(=O)(=O)c1ccc2c(c1)n(C)c(=O)c(=O)n2C)C1CCCCC1. The third-order valence-corrected chi connectivity index (χ3v) is 7.84. The molecule has 1 saturated carbocycles. The molecule has 1 amide bonds. The van der Waals surface area contributed by atoms with Crippen molar-refractivity contribution in [1.82, 2.24) is 18.3 Å². The van der Waals surface area contributed by atoms with E-state index in [4.69, 9.17) is 0 Å². The Morgan fingerprint density at radius 2 is 1.57 bits per heavy atom. The third kappa shape index (κ3) is 3.93. The second-order valence-electron chi connectivity index (χ2n) is 7.94. The summed E-state index contributed by atoms with van der Waals surface area (Å²) in [5.41, 5.74) is -0.662. The fourth-order valence-electron chi connectivity index (χ4n) is 3.96. The minimum atomic E-state index is -3.96. The summed E-state index contributed by atoms with van der Waals surface area (Å²) < 4.78 is 29.5. The van der Waals surface area contributed by atoms with Crippen molar-refractivity contribution in [2.75, 3.05) is 20.6 Å². The van der Waals surface area contributed by atoms with Gasteiger partial charge in [-0.05, 0) is 31.0 Å². The average molecular weight is 437 g/mol. The molecular formula is C20H28N4O5S.